The second-order valence-electron chi connectivity index (χ2n) is 7.01. The van der Waals surface area contributed by atoms with E-state index in [-0.39, 0.29) is 5.91 Å². The van der Waals surface area contributed by atoms with Gasteiger partial charge in [0.25, 0.3) is 5.91 Å². The number of carbonyl (C=O) groups is 1. The molecular weight excluding hydrogens is 358 g/mol. The fourth-order valence-electron chi connectivity index (χ4n) is 2.99. The van der Waals surface area contributed by atoms with Gasteiger partial charge in [0.15, 0.2) is 5.96 Å². The number of hydrogen-bond donors (Lipinski definition) is 2. The standard InChI is InChI=1S/C20H33N5OS/c1-5-18-15-25(11-12-27-18)20(21-2)23-14-16-7-6-8-17(13-16)19(26)22-9-10-24(3)4/h6-8,13,18H,5,9-12,14-15H2,1-4H3,(H,21,23)(H,22,26). The van der Waals surface area contributed by atoms with Crippen LogP contribution in [-0.4, -0.2) is 80.0 Å². The first-order chi connectivity index (χ1) is 13.0. The molecule has 1 aromatic carbocycles. The van der Waals surface area contributed by atoms with Gasteiger partial charge in [0.05, 0.1) is 0 Å². The number of amides is 1. The zero-order chi connectivity index (χ0) is 19.6. The summed E-state index contributed by atoms with van der Waals surface area (Å²) in [5.74, 6) is 2.05. The number of likely N-dealkylation sites (N-methyl/N-ethyl adjacent to an activating group) is 1. The van der Waals surface area contributed by atoms with E-state index in [1.165, 1.54) is 6.42 Å². The van der Waals surface area contributed by atoms with Crippen molar-refractivity contribution in [2.45, 2.75) is 25.1 Å². The highest BCUT2D eigenvalue weighted by atomic mass is 32.2. The van der Waals surface area contributed by atoms with E-state index in [1.807, 2.05) is 45.4 Å². The maximum absolute atomic E-state index is 12.3. The SMILES string of the molecule is CCC1CN(C(=NC)NCc2cccc(C(=O)NCCN(C)C)c2)CCS1. The molecule has 1 amide bonds. The van der Waals surface area contributed by atoms with Crippen molar-refractivity contribution in [3.05, 3.63) is 35.4 Å². The molecule has 1 atom stereocenters. The lowest BCUT2D eigenvalue weighted by molar-refractivity contribution is 0.0951. The first-order valence-electron chi connectivity index (χ1n) is 9.62. The van der Waals surface area contributed by atoms with Crippen molar-refractivity contribution in [2.75, 3.05) is 53.1 Å². The first-order valence-corrected chi connectivity index (χ1v) is 10.7. The van der Waals surface area contributed by atoms with Crippen LogP contribution in [0.2, 0.25) is 0 Å². The molecule has 1 heterocycles. The summed E-state index contributed by atoms with van der Waals surface area (Å²) in [7, 11) is 5.82. The van der Waals surface area contributed by atoms with E-state index < -0.39 is 0 Å². The average molecular weight is 392 g/mol. The van der Waals surface area contributed by atoms with Crippen LogP contribution in [0.4, 0.5) is 0 Å². The summed E-state index contributed by atoms with van der Waals surface area (Å²) in [6, 6.07) is 7.78. The third kappa shape index (κ3) is 7.07. The Hall–Kier alpha value is -1.73. The van der Waals surface area contributed by atoms with E-state index in [9.17, 15) is 4.79 Å². The van der Waals surface area contributed by atoms with Gasteiger partial charge in [0.1, 0.15) is 0 Å². The third-order valence-electron chi connectivity index (χ3n) is 4.59. The minimum absolute atomic E-state index is 0.0260. The van der Waals surface area contributed by atoms with Crippen LogP contribution in [0.1, 0.15) is 29.3 Å². The van der Waals surface area contributed by atoms with Gasteiger partial charge in [-0.25, -0.2) is 0 Å². The number of rotatable bonds is 7. The molecule has 150 valence electrons. The number of carbonyl (C=O) groups excluding carboxylic acids is 1. The van der Waals surface area contributed by atoms with Crippen LogP contribution >= 0.6 is 11.8 Å². The van der Waals surface area contributed by atoms with Gasteiger partial charge in [-0.15, -0.1) is 0 Å². The van der Waals surface area contributed by atoms with Gasteiger partial charge in [0.2, 0.25) is 0 Å². The quantitative estimate of drug-likeness (QED) is 0.549. The number of hydrogen-bond acceptors (Lipinski definition) is 4. The Kier molecular flexibility index (Phi) is 8.94. The van der Waals surface area contributed by atoms with Crippen molar-refractivity contribution in [1.29, 1.82) is 0 Å². The van der Waals surface area contributed by atoms with Crippen LogP contribution in [0.3, 0.4) is 0 Å². The van der Waals surface area contributed by atoms with Crippen LogP contribution in [0.15, 0.2) is 29.3 Å². The monoisotopic (exact) mass is 391 g/mol. The Morgan fingerprint density at radius 2 is 2.19 bits per heavy atom. The normalized spacial score (nSPS) is 17.9. The van der Waals surface area contributed by atoms with Crippen molar-refractivity contribution in [1.82, 2.24) is 20.4 Å². The predicted molar refractivity (Wildman–Crippen MR) is 116 cm³/mol. The molecule has 0 spiro atoms. The molecule has 0 radical (unpaired) electrons. The molecule has 1 aliphatic heterocycles. The van der Waals surface area contributed by atoms with E-state index in [0.29, 0.717) is 23.9 Å². The number of benzene rings is 1. The summed E-state index contributed by atoms with van der Waals surface area (Å²) in [4.78, 5) is 21.1. The summed E-state index contributed by atoms with van der Waals surface area (Å²) in [6.45, 7) is 6.44. The topological polar surface area (TPSA) is 60.0 Å². The Morgan fingerprint density at radius 1 is 1.37 bits per heavy atom. The van der Waals surface area contributed by atoms with Gasteiger partial charge in [-0.2, -0.15) is 11.8 Å². The van der Waals surface area contributed by atoms with E-state index in [4.69, 9.17) is 0 Å². The Labute approximate surface area is 167 Å². The molecule has 1 aliphatic rings. The van der Waals surface area contributed by atoms with Gasteiger partial charge in [0, 0.05) is 56.3 Å². The Morgan fingerprint density at radius 3 is 2.89 bits per heavy atom. The van der Waals surface area contributed by atoms with Crippen LogP contribution < -0.4 is 10.6 Å². The van der Waals surface area contributed by atoms with Crippen LogP contribution in [0, 0.1) is 0 Å². The maximum Gasteiger partial charge on any atom is 0.251 e. The molecule has 0 aromatic heterocycles. The van der Waals surface area contributed by atoms with E-state index >= 15 is 0 Å². The number of guanidine groups is 1. The van der Waals surface area contributed by atoms with Gasteiger partial charge >= 0.3 is 0 Å². The maximum atomic E-state index is 12.3. The highest BCUT2D eigenvalue weighted by molar-refractivity contribution is 8.00. The Balaban J connectivity index is 1.90. The summed E-state index contributed by atoms with van der Waals surface area (Å²) in [5, 5.41) is 7.09. The minimum atomic E-state index is -0.0260. The molecule has 0 saturated carbocycles. The zero-order valence-corrected chi connectivity index (χ0v) is 17.8. The van der Waals surface area contributed by atoms with Crippen molar-refractivity contribution in [3.63, 3.8) is 0 Å². The number of nitrogens with zero attached hydrogens (tertiary/aromatic N) is 3. The highest BCUT2D eigenvalue weighted by Gasteiger charge is 2.21. The second-order valence-corrected chi connectivity index (χ2v) is 8.42. The van der Waals surface area contributed by atoms with Crippen LogP contribution in [-0.2, 0) is 6.54 Å². The van der Waals surface area contributed by atoms with Crippen LogP contribution in [0.5, 0.6) is 0 Å². The Bertz CT molecular complexity index is 635. The lowest BCUT2D eigenvalue weighted by Gasteiger charge is -2.34. The number of aliphatic imine (C=N–C) groups is 1. The fourth-order valence-corrected chi connectivity index (χ4v) is 4.17. The number of nitrogens with one attached hydrogen (secondary N) is 2. The summed E-state index contributed by atoms with van der Waals surface area (Å²) >= 11 is 2.05. The third-order valence-corrected chi connectivity index (χ3v) is 5.96. The van der Waals surface area contributed by atoms with Crippen molar-refractivity contribution in [2.24, 2.45) is 4.99 Å². The predicted octanol–water partition coefficient (Wildman–Crippen LogP) is 1.88. The summed E-state index contributed by atoms with van der Waals surface area (Å²) in [6.07, 6.45) is 1.18. The molecule has 27 heavy (non-hydrogen) atoms. The smallest absolute Gasteiger partial charge is 0.251 e. The van der Waals surface area contributed by atoms with Crippen LogP contribution in [0.25, 0.3) is 0 Å². The first kappa shape index (κ1) is 21.6. The molecule has 2 rings (SSSR count). The summed E-state index contributed by atoms with van der Waals surface area (Å²) in [5.41, 5.74) is 1.78. The molecule has 1 unspecified atom stereocenters. The molecule has 6 nitrogen and oxygen atoms in total. The molecule has 0 bridgehead atoms. The van der Waals surface area contributed by atoms with Crippen molar-refractivity contribution < 1.29 is 4.79 Å². The lowest BCUT2D eigenvalue weighted by Crippen LogP contribution is -2.47. The largest absolute Gasteiger partial charge is 0.352 e. The highest BCUT2D eigenvalue weighted by Crippen LogP contribution is 2.21. The van der Waals surface area contributed by atoms with Gasteiger partial charge < -0.3 is 20.4 Å². The molecule has 1 saturated heterocycles. The average Bonchev–Trinajstić information content (AvgIpc) is 2.68. The second kappa shape index (κ2) is 11.2. The molecule has 2 N–H and O–H groups in total. The number of thioether (sulfide) groups is 1. The zero-order valence-electron chi connectivity index (χ0n) is 17.0. The van der Waals surface area contributed by atoms with Crippen molar-refractivity contribution >= 4 is 23.6 Å². The molecule has 1 fully saturated rings. The van der Waals surface area contributed by atoms with E-state index in [0.717, 1.165) is 36.9 Å². The molecule has 1 aromatic rings. The van der Waals surface area contributed by atoms with Gasteiger partial charge in [-0.1, -0.05) is 19.1 Å². The van der Waals surface area contributed by atoms with E-state index in [2.05, 4.69) is 44.1 Å². The molecule has 0 aliphatic carbocycles. The van der Waals surface area contributed by atoms with Gasteiger partial charge in [-0.3, -0.25) is 9.79 Å². The molecule has 7 heteroatoms. The molecular formula is C20H33N5OS. The van der Waals surface area contributed by atoms with E-state index in [1.54, 1.807) is 0 Å². The fraction of sp³-hybridized carbons (Fsp3) is 0.600. The summed E-state index contributed by atoms with van der Waals surface area (Å²) < 4.78 is 0. The van der Waals surface area contributed by atoms with Gasteiger partial charge in [-0.05, 0) is 38.2 Å². The lowest BCUT2D eigenvalue weighted by atomic mass is 10.1. The minimum Gasteiger partial charge on any atom is -0.352 e. The van der Waals surface area contributed by atoms with Crippen molar-refractivity contribution in [3.8, 4) is 0 Å².